The molecule has 18 heavy (non-hydrogen) atoms. The third kappa shape index (κ3) is 6.56. The first-order valence-corrected chi connectivity index (χ1v) is 6.34. The maximum Gasteiger partial charge on any atom is 0.256 e. The first-order chi connectivity index (χ1) is 8.27. The Morgan fingerprint density at radius 2 is 1.50 bits per heavy atom. The van der Waals surface area contributed by atoms with Gasteiger partial charge < -0.3 is 11.1 Å². The van der Waals surface area contributed by atoms with Gasteiger partial charge in [0.05, 0.1) is 6.04 Å². The molecule has 0 radical (unpaired) electrons. The van der Waals surface area contributed by atoms with Crippen LogP contribution >= 0.6 is 0 Å². The van der Waals surface area contributed by atoms with Gasteiger partial charge in [0.25, 0.3) is 5.91 Å². The highest BCUT2D eigenvalue weighted by Crippen LogP contribution is 2.07. The third-order valence-corrected chi connectivity index (χ3v) is 2.54. The molecule has 0 aliphatic heterocycles. The minimum Gasteiger partial charge on any atom is -0.343 e. The molecule has 0 heterocycles. The fourth-order valence-corrected chi connectivity index (χ4v) is 1.70. The molecule has 6 nitrogen and oxygen atoms in total. The van der Waals surface area contributed by atoms with Crippen molar-refractivity contribution in [2.24, 2.45) is 23.4 Å². The zero-order chi connectivity index (χ0) is 14.3. The normalized spacial score (nSPS) is 14.4. The van der Waals surface area contributed by atoms with Crippen molar-refractivity contribution in [1.29, 1.82) is 0 Å². The average molecular weight is 258 g/mol. The van der Waals surface area contributed by atoms with Crippen molar-refractivity contribution in [3.05, 3.63) is 0 Å². The lowest BCUT2D eigenvalue weighted by molar-refractivity contribution is -0.130. The summed E-state index contributed by atoms with van der Waals surface area (Å²) in [5, 5.41) is 2.65. The van der Waals surface area contributed by atoms with Gasteiger partial charge in [-0.15, -0.1) is 0 Å². The van der Waals surface area contributed by atoms with Crippen molar-refractivity contribution in [2.45, 2.75) is 52.6 Å². The van der Waals surface area contributed by atoms with Gasteiger partial charge in [-0.05, 0) is 24.7 Å². The molecule has 0 saturated carbocycles. The maximum absolute atomic E-state index is 11.8. The molecule has 2 amide bonds. The monoisotopic (exact) mass is 258 g/mol. The summed E-state index contributed by atoms with van der Waals surface area (Å²) in [5.41, 5.74) is 7.82. The van der Waals surface area contributed by atoms with Crippen LogP contribution in [0.5, 0.6) is 0 Å². The minimum atomic E-state index is -0.624. The van der Waals surface area contributed by atoms with Crippen molar-refractivity contribution in [2.75, 3.05) is 0 Å². The Kier molecular flexibility index (Phi) is 7.54. The predicted molar refractivity (Wildman–Crippen MR) is 71.1 cm³/mol. The van der Waals surface area contributed by atoms with Gasteiger partial charge in [0, 0.05) is 0 Å². The smallest absolute Gasteiger partial charge is 0.256 e. The van der Waals surface area contributed by atoms with Crippen molar-refractivity contribution in [3.8, 4) is 0 Å². The van der Waals surface area contributed by atoms with E-state index in [1.165, 1.54) is 0 Å². The van der Waals surface area contributed by atoms with Crippen molar-refractivity contribution in [1.82, 2.24) is 10.7 Å². The number of hydrogen-bond acceptors (Lipinski definition) is 4. The molecule has 106 valence electrons. The Balaban J connectivity index is 4.47. The molecule has 2 unspecified atom stereocenters. The molecule has 0 aliphatic rings. The summed E-state index contributed by atoms with van der Waals surface area (Å²) in [7, 11) is 0. The van der Waals surface area contributed by atoms with Crippen LogP contribution in [0.3, 0.4) is 0 Å². The SMILES string of the molecule is CC(C)CC(N)C(=O)NC(CC(C)C)C(=O)NN. The van der Waals surface area contributed by atoms with Crippen LogP contribution in [-0.2, 0) is 9.59 Å². The number of hydrogen-bond donors (Lipinski definition) is 4. The summed E-state index contributed by atoms with van der Waals surface area (Å²) < 4.78 is 0. The van der Waals surface area contributed by atoms with E-state index in [9.17, 15) is 9.59 Å². The Morgan fingerprint density at radius 1 is 1.00 bits per heavy atom. The van der Waals surface area contributed by atoms with Gasteiger partial charge in [-0.3, -0.25) is 15.0 Å². The van der Waals surface area contributed by atoms with Crippen LogP contribution in [0.4, 0.5) is 0 Å². The highest BCUT2D eigenvalue weighted by molar-refractivity contribution is 5.89. The molecule has 0 rings (SSSR count). The van der Waals surface area contributed by atoms with Crippen LogP contribution in [0.1, 0.15) is 40.5 Å². The molecule has 2 atom stereocenters. The molecule has 0 aromatic heterocycles. The molecule has 0 bridgehead atoms. The second-order valence-electron chi connectivity index (χ2n) is 5.44. The van der Waals surface area contributed by atoms with Crippen LogP contribution in [0.25, 0.3) is 0 Å². The predicted octanol–water partition coefficient (Wildman–Crippen LogP) is -0.119. The van der Waals surface area contributed by atoms with Crippen LogP contribution in [0.2, 0.25) is 0 Å². The molecule has 0 aromatic rings. The maximum atomic E-state index is 11.8. The summed E-state index contributed by atoms with van der Waals surface area (Å²) in [6.45, 7) is 7.92. The molecule has 6 heteroatoms. The Hall–Kier alpha value is -1.14. The molecule has 0 saturated heterocycles. The minimum absolute atomic E-state index is 0.272. The van der Waals surface area contributed by atoms with Crippen LogP contribution in [-0.4, -0.2) is 23.9 Å². The number of amides is 2. The first kappa shape index (κ1) is 16.9. The second kappa shape index (κ2) is 8.05. The van der Waals surface area contributed by atoms with Crippen LogP contribution < -0.4 is 22.3 Å². The largest absolute Gasteiger partial charge is 0.343 e. The summed E-state index contributed by atoms with van der Waals surface area (Å²) in [6, 6.07) is -1.22. The number of nitrogens with two attached hydrogens (primary N) is 2. The lowest BCUT2D eigenvalue weighted by Gasteiger charge is -2.21. The molecule has 0 aliphatic carbocycles. The second-order valence-corrected chi connectivity index (χ2v) is 5.44. The molecule has 0 aromatic carbocycles. The van der Waals surface area contributed by atoms with E-state index in [1.54, 1.807) is 0 Å². The van der Waals surface area contributed by atoms with E-state index in [2.05, 4.69) is 10.7 Å². The quantitative estimate of drug-likeness (QED) is 0.290. The molecule has 6 N–H and O–H groups in total. The van der Waals surface area contributed by atoms with Crippen LogP contribution in [0.15, 0.2) is 0 Å². The Morgan fingerprint density at radius 3 is 1.89 bits per heavy atom. The topological polar surface area (TPSA) is 110 Å². The van der Waals surface area contributed by atoms with Gasteiger partial charge in [-0.1, -0.05) is 27.7 Å². The first-order valence-electron chi connectivity index (χ1n) is 6.34. The molecular formula is C12H26N4O2. The number of rotatable bonds is 7. The molecular weight excluding hydrogens is 232 g/mol. The van der Waals surface area contributed by atoms with E-state index in [1.807, 2.05) is 27.7 Å². The van der Waals surface area contributed by atoms with Crippen LogP contribution in [0, 0.1) is 11.8 Å². The summed E-state index contributed by atoms with van der Waals surface area (Å²) in [5.74, 6) is 5.00. The molecule has 0 fully saturated rings. The fourth-order valence-electron chi connectivity index (χ4n) is 1.70. The highest BCUT2D eigenvalue weighted by atomic mass is 16.2. The van der Waals surface area contributed by atoms with E-state index >= 15 is 0 Å². The lowest BCUT2D eigenvalue weighted by Crippen LogP contribution is -2.53. The van der Waals surface area contributed by atoms with Crippen molar-refractivity contribution >= 4 is 11.8 Å². The zero-order valence-electron chi connectivity index (χ0n) is 11.7. The lowest BCUT2D eigenvalue weighted by atomic mass is 10.0. The van der Waals surface area contributed by atoms with Crippen molar-refractivity contribution < 1.29 is 9.59 Å². The van der Waals surface area contributed by atoms with Gasteiger partial charge in [0.15, 0.2) is 0 Å². The van der Waals surface area contributed by atoms with Gasteiger partial charge in [0.2, 0.25) is 5.91 Å². The average Bonchev–Trinajstić information content (AvgIpc) is 2.25. The number of carbonyl (C=O) groups excluding carboxylic acids is 2. The molecule has 0 spiro atoms. The Labute approximate surface area is 109 Å². The standard InChI is InChI=1S/C12H26N4O2/c1-7(2)5-9(13)11(17)15-10(6-8(3)4)12(18)16-14/h7-10H,5-6,13-14H2,1-4H3,(H,15,17)(H,16,18). The van der Waals surface area contributed by atoms with Gasteiger partial charge in [0.1, 0.15) is 6.04 Å². The summed E-state index contributed by atoms with van der Waals surface area (Å²) in [4.78, 5) is 23.4. The van der Waals surface area contributed by atoms with E-state index in [-0.39, 0.29) is 11.8 Å². The number of carbonyl (C=O) groups is 2. The van der Waals surface area contributed by atoms with Gasteiger partial charge >= 0.3 is 0 Å². The number of nitrogens with one attached hydrogen (secondary N) is 2. The van der Waals surface area contributed by atoms with E-state index in [0.717, 1.165) is 0 Å². The summed E-state index contributed by atoms with van der Waals surface area (Å²) in [6.07, 6.45) is 1.12. The van der Waals surface area contributed by atoms with E-state index < -0.39 is 18.0 Å². The zero-order valence-corrected chi connectivity index (χ0v) is 11.7. The fraction of sp³-hybridized carbons (Fsp3) is 0.833. The highest BCUT2D eigenvalue weighted by Gasteiger charge is 2.24. The Bertz CT molecular complexity index is 279. The van der Waals surface area contributed by atoms with Gasteiger partial charge in [-0.2, -0.15) is 0 Å². The summed E-state index contributed by atoms with van der Waals surface area (Å²) >= 11 is 0. The van der Waals surface area contributed by atoms with E-state index in [4.69, 9.17) is 11.6 Å². The number of hydrazine groups is 1. The van der Waals surface area contributed by atoms with E-state index in [0.29, 0.717) is 18.8 Å². The third-order valence-electron chi connectivity index (χ3n) is 2.54. The van der Waals surface area contributed by atoms with Gasteiger partial charge in [-0.25, -0.2) is 5.84 Å². The van der Waals surface area contributed by atoms with Crippen molar-refractivity contribution in [3.63, 3.8) is 0 Å².